The number of rotatable bonds is 6. The minimum Gasteiger partial charge on any atom is -0.481 e. The van der Waals surface area contributed by atoms with Crippen LogP contribution in [0.5, 0.6) is 0 Å². The minimum absolute atomic E-state index is 0.0155. The van der Waals surface area contributed by atoms with Crippen LogP contribution >= 0.6 is 0 Å². The molecule has 1 N–H and O–H groups in total. The number of non-ortho nitro benzene ring substituents is 1. The quantitative estimate of drug-likeness (QED) is 0.641. The first-order chi connectivity index (χ1) is 9.99. The van der Waals surface area contributed by atoms with E-state index in [9.17, 15) is 19.7 Å². The van der Waals surface area contributed by atoms with E-state index in [-0.39, 0.29) is 23.8 Å². The minimum atomic E-state index is -0.888. The Hall–Kier alpha value is -2.24. The second-order valence-corrected chi connectivity index (χ2v) is 5.37. The highest BCUT2D eigenvalue weighted by molar-refractivity contribution is 5.86. The molecule has 0 bridgehead atoms. The zero-order valence-corrected chi connectivity index (χ0v) is 11.5. The molecule has 2 atom stereocenters. The van der Waals surface area contributed by atoms with Gasteiger partial charge in [0.15, 0.2) is 0 Å². The summed E-state index contributed by atoms with van der Waals surface area (Å²) < 4.78 is 0. The van der Waals surface area contributed by atoms with Gasteiger partial charge in [-0.05, 0) is 24.8 Å². The van der Waals surface area contributed by atoms with Crippen molar-refractivity contribution in [2.45, 2.75) is 32.1 Å². The molecule has 0 radical (unpaired) electrons. The summed E-state index contributed by atoms with van der Waals surface area (Å²) in [5, 5.41) is 19.6. The average molecular weight is 291 g/mol. The molecule has 6 heteroatoms. The molecule has 0 heterocycles. The molecule has 6 nitrogen and oxygen atoms in total. The van der Waals surface area contributed by atoms with Crippen molar-refractivity contribution >= 4 is 17.4 Å². The van der Waals surface area contributed by atoms with Crippen molar-refractivity contribution in [1.29, 1.82) is 0 Å². The molecule has 0 aliphatic heterocycles. The molecule has 1 fully saturated rings. The van der Waals surface area contributed by atoms with Crippen LogP contribution in [0.3, 0.4) is 0 Å². The molecule has 2 rings (SSSR count). The van der Waals surface area contributed by atoms with Gasteiger partial charge in [-0.25, -0.2) is 0 Å². The number of carboxylic acid groups (broad SMARTS) is 1. The Balaban J connectivity index is 1.91. The second-order valence-electron chi connectivity index (χ2n) is 5.37. The number of carboxylic acids is 1. The molecule has 1 aromatic rings. The van der Waals surface area contributed by atoms with Crippen LogP contribution in [0.1, 0.15) is 31.2 Å². The van der Waals surface area contributed by atoms with Crippen molar-refractivity contribution in [1.82, 2.24) is 0 Å². The van der Waals surface area contributed by atoms with Crippen LogP contribution < -0.4 is 0 Å². The molecule has 0 saturated heterocycles. The summed E-state index contributed by atoms with van der Waals surface area (Å²) in [4.78, 5) is 33.3. The summed E-state index contributed by atoms with van der Waals surface area (Å²) in [6.45, 7) is 0. The van der Waals surface area contributed by atoms with Gasteiger partial charge in [-0.3, -0.25) is 19.7 Å². The van der Waals surface area contributed by atoms with Gasteiger partial charge in [0.1, 0.15) is 5.78 Å². The summed E-state index contributed by atoms with van der Waals surface area (Å²) in [6, 6.07) is 6.09. The molecular weight excluding hydrogens is 274 g/mol. The maximum absolute atomic E-state index is 12.1. The molecule has 0 amide bonds. The van der Waals surface area contributed by atoms with E-state index >= 15 is 0 Å². The number of Topliss-reactive ketones (excluding diaryl/α,β-unsaturated/α-hetero) is 1. The lowest BCUT2D eigenvalue weighted by Crippen LogP contribution is -2.25. The largest absolute Gasteiger partial charge is 0.481 e. The van der Waals surface area contributed by atoms with Crippen LogP contribution in [-0.4, -0.2) is 21.8 Å². The number of carbonyl (C=O) groups excluding carboxylic acids is 1. The summed E-state index contributed by atoms with van der Waals surface area (Å²) in [5.41, 5.74) is 0.866. The van der Waals surface area contributed by atoms with Gasteiger partial charge in [0.2, 0.25) is 0 Å². The molecule has 1 aliphatic carbocycles. The third kappa shape index (κ3) is 3.65. The summed E-state index contributed by atoms with van der Waals surface area (Å²) in [6.07, 6.45) is 2.77. The Morgan fingerprint density at radius 3 is 2.38 bits per heavy atom. The fraction of sp³-hybridized carbons (Fsp3) is 0.467. The summed E-state index contributed by atoms with van der Waals surface area (Å²) in [7, 11) is 0. The Labute approximate surface area is 121 Å². The Morgan fingerprint density at radius 2 is 1.81 bits per heavy atom. The zero-order chi connectivity index (χ0) is 15.4. The van der Waals surface area contributed by atoms with Crippen LogP contribution in [0.4, 0.5) is 5.69 Å². The van der Waals surface area contributed by atoms with E-state index in [0.29, 0.717) is 19.3 Å². The SMILES string of the molecule is O=C(O)[C@H]1CCC[C@@H]1C(=O)CCc1ccc([N+](=O)[O-])cc1. The van der Waals surface area contributed by atoms with Crippen LogP contribution in [0, 0.1) is 22.0 Å². The first kappa shape index (κ1) is 15.2. The van der Waals surface area contributed by atoms with Crippen molar-refractivity contribution < 1.29 is 19.6 Å². The first-order valence-electron chi connectivity index (χ1n) is 6.98. The molecule has 1 aromatic carbocycles. The van der Waals surface area contributed by atoms with E-state index < -0.39 is 16.8 Å². The van der Waals surface area contributed by atoms with Gasteiger partial charge in [-0.1, -0.05) is 18.6 Å². The van der Waals surface area contributed by atoms with Crippen LogP contribution in [0.25, 0.3) is 0 Å². The molecule has 0 aromatic heterocycles. The van der Waals surface area contributed by atoms with Crippen LogP contribution in [0.15, 0.2) is 24.3 Å². The van der Waals surface area contributed by atoms with Gasteiger partial charge in [-0.2, -0.15) is 0 Å². The third-order valence-electron chi connectivity index (χ3n) is 4.05. The number of aliphatic carboxylic acids is 1. The lowest BCUT2D eigenvalue weighted by atomic mass is 9.89. The molecule has 1 saturated carbocycles. The molecule has 1 aliphatic rings. The number of nitro groups is 1. The van der Waals surface area contributed by atoms with Gasteiger partial charge >= 0.3 is 5.97 Å². The molecule has 21 heavy (non-hydrogen) atoms. The molecule has 0 unspecified atom stereocenters. The van der Waals surface area contributed by atoms with E-state index in [1.165, 1.54) is 12.1 Å². The maximum atomic E-state index is 12.1. The van der Waals surface area contributed by atoms with Crippen molar-refractivity contribution in [2.75, 3.05) is 0 Å². The van der Waals surface area contributed by atoms with E-state index in [0.717, 1.165) is 12.0 Å². The zero-order valence-electron chi connectivity index (χ0n) is 11.5. The van der Waals surface area contributed by atoms with Crippen molar-refractivity contribution in [3.8, 4) is 0 Å². The molecule has 112 valence electrons. The number of hydrogen-bond acceptors (Lipinski definition) is 4. The topological polar surface area (TPSA) is 97.5 Å². The van der Waals surface area contributed by atoms with Gasteiger partial charge in [0, 0.05) is 24.5 Å². The predicted octanol–water partition coefficient (Wildman–Crippen LogP) is 2.60. The van der Waals surface area contributed by atoms with Crippen molar-refractivity contribution in [2.24, 2.45) is 11.8 Å². The van der Waals surface area contributed by atoms with E-state index in [4.69, 9.17) is 5.11 Å². The normalized spacial score (nSPS) is 21.1. The fourth-order valence-corrected chi connectivity index (χ4v) is 2.88. The molecule has 0 spiro atoms. The van der Waals surface area contributed by atoms with Crippen molar-refractivity contribution in [3.05, 3.63) is 39.9 Å². The Kier molecular flexibility index (Phi) is 4.67. The standard InChI is InChI=1S/C15H17NO5/c17-14(12-2-1-3-13(12)15(18)19)9-6-10-4-7-11(8-5-10)16(20)21/h4-5,7-8,12-13H,1-3,6,9H2,(H,18,19)/t12-,13-/m0/s1. The number of ketones is 1. The number of hydrogen-bond donors (Lipinski definition) is 1. The van der Waals surface area contributed by atoms with Crippen LogP contribution in [-0.2, 0) is 16.0 Å². The summed E-state index contributed by atoms with van der Waals surface area (Å²) in [5.74, 6) is -1.82. The summed E-state index contributed by atoms with van der Waals surface area (Å²) >= 11 is 0. The van der Waals surface area contributed by atoms with Gasteiger partial charge < -0.3 is 5.11 Å². The van der Waals surface area contributed by atoms with Crippen LogP contribution in [0.2, 0.25) is 0 Å². The number of nitro benzene ring substituents is 1. The van der Waals surface area contributed by atoms with E-state index in [2.05, 4.69) is 0 Å². The predicted molar refractivity (Wildman–Crippen MR) is 74.9 cm³/mol. The fourth-order valence-electron chi connectivity index (χ4n) is 2.88. The van der Waals surface area contributed by atoms with Gasteiger partial charge in [0.05, 0.1) is 10.8 Å². The maximum Gasteiger partial charge on any atom is 0.307 e. The van der Waals surface area contributed by atoms with Gasteiger partial charge in [-0.15, -0.1) is 0 Å². The monoisotopic (exact) mass is 291 g/mol. The first-order valence-corrected chi connectivity index (χ1v) is 6.98. The Bertz CT molecular complexity index is 552. The Morgan fingerprint density at radius 1 is 1.19 bits per heavy atom. The van der Waals surface area contributed by atoms with Crippen molar-refractivity contribution in [3.63, 3.8) is 0 Å². The van der Waals surface area contributed by atoms with Gasteiger partial charge in [0.25, 0.3) is 5.69 Å². The molecular formula is C15H17NO5. The lowest BCUT2D eigenvalue weighted by molar-refractivity contribution is -0.384. The number of benzene rings is 1. The number of nitrogens with zero attached hydrogens (tertiary/aromatic N) is 1. The number of aryl methyl sites for hydroxylation is 1. The lowest BCUT2D eigenvalue weighted by Gasteiger charge is -2.14. The highest BCUT2D eigenvalue weighted by Crippen LogP contribution is 2.33. The smallest absolute Gasteiger partial charge is 0.307 e. The third-order valence-corrected chi connectivity index (χ3v) is 4.05. The highest BCUT2D eigenvalue weighted by Gasteiger charge is 2.36. The average Bonchev–Trinajstić information content (AvgIpc) is 2.95. The van der Waals surface area contributed by atoms with E-state index in [1.54, 1.807) is 12.1 Å². The second kappa shape index (κ2) is 6.47. The van der Waals surface area contributed by atoms with E-state index in [1.807, 2.05) is 0 Å². The number of carbonyl (C=O) groups is 2. The highest BCUT2D eigenvalue weighted by atomic mass is 16.6.